The van der Waals surface area contributed by atoms with E-state index in [2.05, 4.69) is 15.6 Å². The van der Waals surface area contributed by atoms with Crippen molar-refractivity contribution in [2.24, 2.45) is 4.99 Å². The van der Waals surface area contributed by atoms with Crippen molar-refractivity contribution in [3.8, 4) is 0 Å². The van der Waals surface area contributed by atoms with Gasteiger partial charge in [-0.2, -0.15) is 0 Å². The Bertz CT molecular complexity index is 243. The molecule has 0 aliphatic carbocycles. The van der Waals surface area contributed by atoms with Crippen LogP contribution in [0.5, 0.6) is 0 Å². The fourth-order valence-electron chi connectivity index (χ4n) is 1.86. The van der Waals surface area contributed by atoms with Crippen LogP contribution in [0.4, 0.5) is 0 Å². The second kappa shape index (κ2) is 11.0. The van der Waals surface area contributed by atoms with E-state index in [0.29, 0.717) is 19.3 Å². The lowest BCUT2D eigenvalue weighted by Gasteiger charge is -2.15. The highest BCUT2D eigenvalue weighted by molar-refractivity contribution is 5.79. The van der Waals surface area contributed by atoms with Crippen LogP contribution in [-0.4, -0.2) is 65.7 Å². The van der Waals surface area contributed by atoms with Crippen molar-refractivity contribution in [2.75, 3.05) is 53.7 Å². The van der Waals surface area contributed by atoms with Gasteiger partial charge in [0.05, 0.1) is 19.3 Å². The lowest BCUT2D eigenvalue weighted by molar-refractivity contribution is 0.0698. The van der Waals surface area contributed by atoms with Crippen LogP contribution < -0.4 is 10.6 Å². The maximum Gasteiger partial charge on any atom is 0.191 e. The lowest BCUT2D eigenvalue weighted by atomic mass is 10.2. The first-order valence-electron chi connectivity index (χ1n) is 6.99. The predicted molar refractivity (Wildman–Crippen MR) is 75.7 cm³/mol. The standard InChI is InChI=1S/C13H27N3O3/c1-14-13(16-11-12-5-3-8-19-12)15-6-4-7-18-10-9-17-2/h12H,3-11H2,1-2H3,(H2,14,15,16). The van der Waals surface area contributed by atoms with E-state index in [0.717, 1.165) is 51.5 Å². The second-order valence-corrected chi connectivity index (χ2v) is 4.47. The van der Waals surface area contributed by atoms with Crippen molar-refractivity contribution < 1.29 is 14.2 Å². The summed E-state index contributed by atoms with van der Waals surface area (Å²) in [4.78, 5) is 4.17. The Morgan fingerprint density at radius 2 is 2.21 bits per heavy atom. The molecule has 2 N–H and O–H groups in total. The molecule has 1 heterocycles. The van der Waals surface area contributed by atoms with Crippen molar-refractivity contribution in [1.29, 1.82) is 0 Å². The molecule has 0 radical (unpaired) electrons. The average molecular weight is 273 g/mol. The first-order chi connectivity index (χ1) is 9.36. The smallest absolute Gasteiger partial charge is 0.191 e. The van der Waals surface area contributed by atoms with Crippen LogP contribution in [-0.2, 0) is 14.2 Å². The molecule has 0 bridgehead atoms. The summed E-state index contributed by atoms with van der Waals surface area (Å²) < 4.78 is 15.8. The number of methoxy groups -OCH3 is 1. The van der Waals surface area contributed by atoms with E-state index in [1.807, 2.05) is 0 Å². The van der Waals surface area contributed by atoms with E-state index >= 15 is 0 Å². The molecule has 6 heteroatoms. The van der Waals surface area contributed by atoms with E-state index in [-0.39, 0.29) is 0 Å². The highest BCUT2D eigenvalue weighted by Crippen LogP contribution is 2.10. The quantitative estimate of drug-likeness (QED) is 0.361. The van der Waals surface area contributed by atoms with E-state index in [9.17, 15) is 0 Å². The van der Waals surface area contributed by atoms with Crippen LogP contribution in [0.1, 0.15) is 19.3 Å². The largest absolute Gasteiger partial charge is 0.382 e. The van der Waals surface area contributed by atoms with Gasteiger partial charge in [0.25, 0.3) is 0 Å². The van der Waals surface area contributed by atoms with Crippen LogP contribution >= 0.6 is 0 Å². The Hall–Kier alpha value is -0.850. The summed E-state index contributed by atoms with van der Waals surface area (Å²) in [6, 6.07) is 0. The molecule has 0 spiro atoms. The van der Waals surface area contributed by atoms with Crippen molar-refractivity contribution in [3.63, 3.8) is 0 Å². The topological polar surface area (TPSA) is 64.1 Å². The van der Waals surface area contributed by atoms with Crippen LogP contribution in [0.25, 0.3) is 0 Å². The third kappa shape index (κ3) is 8.02. The summed E-state index contributed by atoms with van der Waals surface area (Å²) in [5, 5.41) is 6.53. The molecule has 0 amide bonds. The highest BCUT2D eigenvalue weighted by atomic mass is 16.5. The number of hydrogen-bond acceptors (Lipinski definition) is 4. The molecule has 0 saturated carbocycles. The molecule has 0 aromatic heterocycles. The molecule has 1 unspecified atom stereocenters. The fourth-order valence-corrected chi connectivity index (χ4v) is 1.86. The minimum atomic E-state index is 0.330. The maximum atomic E-state index is 5.55. The first-order valence-corrected chi connectivity index (χ1v) is 6.99. The van der Waals surface area contributed by atoms with Gasteiger partial charge in [0, 0.05) is 40.5 Å². The normalized spacial score (nSPS) is 19.7. The minimum Gasteiger partial charge on any atom is -0.382 e. The molecule has 112 valence electrons. The number of hydrogen-bond donors (Lipinski definition) is 2. The third-order valence-electron chi connectivity index (χ3n) is 2.93. The van der Waals surface area contributed by atoms with Gasteiger partial charge in [-0.05, 0) is 19.3 Å². The SMILES string of the molecule is CN=C(NCCCOCCOC)NCC1CCCO1. The van der Waals surface area contributed by atoms with Gasteiger partial charge in [-0.25, -0.2) is 0 Å². The van der Waals surface area contributed by atoms with Gasteiger partial charge < -0.3 is 24.8 Å². The van der Waals surface area contributed by atoms with Gasteiger partial charge in [0.15, 0.2) is 5.96 Å². The molecule has 1 atom stereocenters. The minimum absolute atomic E-state index is 0.330. The molecular formula is C13H27N3O3. The van der Waals surface area contributed by atoms with Gasteiger partial charge in [-0.15, -0.1) is 0 Å². The molecule has 0 aromatic rings. The summed E-state index contributed by atoms with van der Waals surface area (Å²) in [5.41, 5.74) is 0. The molecule has 1 aliphatic rings. The highest BCUT2D eigenvalue weighted by Gasteiger charge is 2.15. The van der Waals surface area contributed by atoms with Gasteiger partial charge >= 0.3 is 0 Å². The Morgan fingerprint density at radius 3 is 2.89 bits per heavy atom. The van der Waals surface area contributed by atoms with Gasteiger partial charge in [-0.1, -0.05) is 0 Å². The molecule has 6 nitrogen and oxygen atoms in total. The molecule has 1 aliphatic heterocycles. The monoisotopic (exact) mass is 273 g/mol. The fraction of sp³-hybridized carbons (Fsp3) is 0.923. The van der Waals surface area contributed by atoms with Gasteiger partial charge in [-0.3, -0.25) is 4.99 Å². The summed E-state index contributed by atoms with van der Waals surface area (Å²) >= 11 is 0. The predicted octanol–water partition coefficient (Wildman–Crippen LogP) is 0.384. The van der Waals surface area contributed by atoms with E-state index in [4.69, 9.17) is 14.2 Å². The third-order valence-corrected chi connectivity index (χ3v) is 2.93. The number of nitrogens with zero attached hydrogens (tertiary/aromatic N) is 1. The van der Waals surface area contributed by atoms with Crippen LogP contribution in [0, 0.1) is 0 Å². The molecule has 1 saturated heterocycles. The Kier molecular flexibility index (Phi) is 9.40. The lowest BCUT2D eigenvalue weighted by Crippen LogP contribution is -2.41. The molecule has 1 fully saturated rings. The number of ether oxygens (including phenoxy) is 3. The second-order valence-electron chi connectivity index (χ2n) is 4.47. The Morgan fingerprint density at radius 1 is 1.32 bits per heavy atom. The number of rotatable bonds is 9. The summed E-state index contributed by atoms with van der Waals surface area (Å²) in [7, 11) is 3.45. The van der Waals surface area contributed by atoms with Crippen LogP contribution in [0.15, 0.2) is 4.99 Å². The summed E-state index contributed by atoms with van der Waals surface area (Å²) in [6.45, 7) is 4.60. The molecule has 19 heavy (non-hydrogen) atoms. The number of nitrogens with one attached hydrogen (secondary N) is 2. The van der Waals surface area contributed by atoms with E-state index < -0.39 is 0 Å². The van der Waals surface area contributed by atoms with E-state index in [1.54, 1.807) is 14.2 Å². The van der Waals surface area contributed by atoms with Crippen molar-refractivity contribution in [1.82, 2.24) is 10.6 Å². The zero-order valence-corrected chi connectivity index (χ0v) is 12.1. The molecule has 0 aromatic carbocycles. The average Bonchev–Trinajstić information content (AvgIpc) is 2.94. The maximum absolute atomic E-state index is 5.55. The zero-order valence-electron chi connectivity index (χ0n) is 12.1. The van der Waals surface area contributed by atoms with Crippen molar-refractivity contribution in [3.05, 3.63) is 0 Å². The van der Waals surface area contributed by atoms with Crippen molar-refractivity contribution >= 4 is 5.96 Å². The number of aliphatic imine (C=N–C) groups is 1. The Labute approximate surface area is 115 Å². The summed E-state index contributed by atoms with van der Waals surface area (Å²) in [5.74, 6) is 0.826. The van der Waals surface area contributed by atoms with Gasteiger partial charge in [0.1, 0.15) is 0 Å². The van der Waals surface area contributed by atoms with Crippen LogP contribution in [0.2, 0.25) is 0 Å². The number of guanidine groups is 1. The van der Waals surface area contributed by atoms with Crippen LogP contribution in [0.3, 0.4) is 0 Å². The molecule has 1 rings (SSSR count). The van der Waals surface area contributed by atoms with Crippen molar-refractivity contribution in [2.45, 2.75) is 25.4 Å². The molecular weight excluding hydrogens is 246 g/mol. The van der Waals surface area contributed by atoms with E-state index in [1.165, 1.54) is 0 Å². The zero-order chi connectivity index (χ0) is 13.8. The van der Waals surface area contributed by atoms with Gasteiger partial charge in [0.2, 0.25) is 0 Å². The Balaban J connectivity index is 1.96. The summed E-state index contributed by atoms with van der Waals surface area (Å²) in [6.07, 6.45) is 3.58. The first kappa shape index (κ1) is 16.2.